The molecule has 7 heteroatoms. The molecule has 2 heterocycles. The minimum Gasteiger partial charge on any atom is -0.477 e. The van der Waals surface area contributed by atoms with E-state index in [2.05, 4.69) is 150 Å². The number of carboxylic acids is 1. The van der Waals surface area contributed by atoms with E-state index in [-0.39, 0.29) is 5.57 Å². The molecule has 5 nitrogen and oxygen atoms in total. The summed E-state index contributed by atoms with van der Waals surface area (Å²) < 4.78 is 0. The van der Waals surface area contributed by atoms with Gasteiger partial charge in [0, 0.05) is 42.9 Å². The van der Waals surface area contributed by atoms with Gasteiger partial charge in [-0.15, -0.1) is 11.3 Å². The van der Waals surface area contributed by atoms with Crippen LogP contribution in [0.25, 0.3) is 37.7 Å². The first-order valence-electron chi connectivity index (χ1n) is 18.6. The SMILES string of the molecule is CCCCCCN1c2ccc(/C=C(/C#N)C(=O)O)cc2Sc2cc(-c3ccc(-c4ccc(N(c5ccccc5)c5cccc6ccccc56)cc4)s3)ccc21. The van der Waals surface area contributed by atoms with Crippen LogP contribution in [0.15, 0.2) is 161 Å². The molecule has 0 fully saturated rings. The molecule has 0 spiro atoms. The second kappa shape index (κ2) is 16.1. The van der Waals surface area contributed by atoms with E-state index < -0.39 is 5.97 Å². The van der Waals surface area contributed by atoms with E-state index in [4.69, 9.17) is 0 Å². The zero-order chi connectivity index (χ0) is 37.7. The number of fused-ring (bicyclic) bond motifs is 3. The molecule has 0 atom stereocenters. The molecule has 8 rings (SSSR count). The molecule has 0 bridgehead atoms. The van der Waals surface area contributed by atoms with Gasteiger partial charge >= 0.3 is 5.97 Å². The van der Waals surface area contributed by atoms with Crippen molar-refractivity contribution in [2.75, 3.05) is 16.3 Å². The number of thiophene rings is 1. The Kier molecular flexibility index (Phi) is 10.5. The molecule has 55 heavy (non-hydrogen) atoms. The molecule has 1 aliphatic rings. The molecule has 0 unspecified atom stereocenters. The van der Waals surface area contributed by atoms with E-state index in [1.54, 1.807) is 29.2 Å². The van der Waals surface area contributed by atoms with Gasteiger partial charge in [-0.2, -0.15) is 5.26 Å². The molecule has 6 aromatic carbocycles. The Balaban J connectivity index is 1.09. The smallest absolute Gasteiger partial charge is 0.346 e. The maximum Gasteiger partial charge on any atom is 0.346 e. The van der Waals surface area contributed by atoms with Gasteiger partial charge in [-0.1, -0.05) is 117 Å². The normalized spacial score (nSPS) is 12.2. The van der Waals surface area contributed by atoms with Crippen LogP contribution in [0.4, 0.5) is 28.4 Å². The largest absolute Gasteiger partial charge is 0.477 e. The van der Waals surface area contributed by atoms with Crippen molar-refractivity contribution in [3.63, 3.8) is 0 Å². The molecule has 1 N–H and O–H groups in total. The predicted octanol–water partition coefficient (Wildman–Crippen LogP) is 13.9. The molecular formula is C48H39N3O2S2. The van der Waals surface area contributed by atoms with Gasteiger partial charge in [-0.25, -0.2) is 4.79 Å². The number of hydrogen-bond acceptors (Lipinski definition) is 6. The van der Waals surface area contributed by atoms with Crippen molar-refractivity contribution in [2.24, 2.45) is 0 Å². The lowest BCUT2D eigenvalue weighted by molar-refractivity contribution is -0.132. The Morgan fingerprint density at radius 3 is 2.16 bits per heavy atom. The molecular weight excluding hydrogens is 715 g/mol. The van der Waals surface area contributed by atoms with Crippen molar-refractivity contribution < 1.29 is 9.90 Å². The minimum atomic E-state index is -1.22. The zero-order valence-corrected chi connectivity index (χ0v) is 32.1. The Bertz CT molecular complexity index is 2560. The van der Waals surface area contributed by atoms with Gasteiger partial charge in [-0.05, 0) is 101 Å². The number of nitrogens with zero attached hydrogens (tertiary/aromatic N) is 3. The quantitative estimate of drug-likeness (QED) is 0.0761. The maximum absolute atomic E-state index is 11.6. The number of aliphatic carboxylic acids is 1. The standard InChI is InChI=1S/C48H39N3O2S2/c1-2-3-4-10-28-50-42-24-18-33(29-37(32-49)48(52)53)30-46(42)55-47-31-36(21-25-43(47)50)45-27-26-44(54-45)35-19-22-39(23-20-35)51(38-14-6-5-7-15-38)41-17-11-13-34-12-8-9-16-40(34)41/h5-9,11-27,29-31H,2-4,10,28H2,1H3,(H,52,53)/b37-29-. The maximum atomic E-state index is 11.6. The molecule has 0 saturated carbocycles. The summed E-state index contributed by atoms with van der Waals surface area (Å²) in [6.45, 7) is 3.12. The van der Waals surface area contributed by atoms with Crippen LogP contribution < -0.4 is 9.80 Å². The van der Waals surface area contributed by atoms with Crippen LogP contribution in [0.5, 0.6) is 0 Å². The third-order valence-electron chi connectivity index (χ3n) is 9.96. The van der Waals surface area contributed by atoms with E-state index in [0.29, 0.717) is 5.56 Å². The summed E-state index contributed by atoms with van der Waals surface area (Å²) in [6.07, 6.45) is 6.08. The predicted molar refractivity (Wildman–Crippen MR) is 230 cm³/mol. The lowest BCUT2D eigenvalue weighted by Crippen LogP contribution is -2.22. The molecule has 0 radical (unpaired) electrons. The molecule has 0 aliphatic carbocycles. The van der Waals surface area contributed by atoms with Crippen LogP contribution in [0.2, 0.25) is 0 Å². The highest BCUT2D eigenvalue weighted by atomic mass is 32.2. The summed E-state index contributed by atoms with van der Waals surface area (Å²) in [6, 6.07) is 53.3. The van der Waals surface area contributed by atoms with E-state index in [1.807, 2.05) is 12.1 Å². The van der Waals surface area contributed by atoms with E-state index >= 15 is 0 Å². The number of rotatable bonds is 12. The minimum absolute atomic E-state index is 0.277. The molecule has 270 valence electrons. The Morgan fingerprint density at radius 2 is 1.40 bits per heavy atom. The third-order valence-corrected chi connectivity index (χ3v) is 12.2. The highest BCUT2D eigenvalue weighted by molar-refractivity contribution is 7.99. The molecule has 1 aliphatic heterocycles. The second-order valence-electron chi connectivity index (χ2n) is 13.6. The highest BCUT2D eigenvalue weighted by Crippen LogP contribution is 2.50. The number of anilines is 5. The average molecular weight is 754 g/mol. The highest BCUT2D eigenvalue weighted by Gasteiger charge is 2.25. The summed E-state index contributed by atoms with van der Waals surface area (Å²) in [7, 11) is 0. The number of carboxylic acid groups (broad SMARTS) is 1. The molecule has 7 aromatic rings. The van der Waals surface area contributed by atoms with Crippen molar-refractivity contribution >= 4 is 74.4 Å². The summed E-state index contributed by atoms with van der Waals surface area (Å²) in [5, 5.41) is 21.2. The number of nitriles is 1. The van der Waals surface area contributed by atoms with Gasteiger partial charge < -0.3 is 14.9 Å². The van der Waals surface area contributed by atoms with Crippen LogP contribution in [0.3, 0.4) is 0 Å². The van der Waals surface area contributed by atoms with Crippen LogP contribution in [-0.4, -0.2) is 17.6 Å². The van der Waals surface area contributed by atoms with Crippen LogP contribution in [0, 0.1) is 11.3 Å². The van der Waals surface area contributed by atoms with Gasteiger partial charge in [0.25, 0.3) is 0 Å². The molecule has 0 saturated heterocycles. The van der Waals surface area contributed by atoms with E-state index in [9.17, 15) is 15.2 Å². The summed E-state index contributed by atoms with van der Waals surface area (Å²) in [5.41, 5.74) is 8.40. The van der Waals surface area contributed by atoms with Gasteiger partial charge in [-0.3, -0.25) is 0 Å². The Hall–Kier alpha value is -6.07. The number of benzene rings is 6. The Labute approximate surface area is 330 Å². The number of unbranched alkanes of at least 4 members (excludes halogenated alkanes) is 3. The van der Waals surface area contributed by atoms with Crippen molar-refractivity contribution in [3.8, 4) is 27.0 Å². The van der Waals surface area contributed by atoms with Crippen LogP contribution >= 0.6 is 23.1 Å². The monoisotopic (exact) mass is 753 g/mol. The first-order chi connectivity index (χ1) is 27.0. The fraction of sp³-hybridized carbons (Fsp3) is 0.125. The summed E-state index contributed by atoms with van der Waals surface area (Å²) in [4.78, 5) is 20.9. The van der Waals surface area contributed by atoms with Crippen molar-refractivity contribution in [2.45, 2.75) is 42.4 Å². The number of carbonyl (C=O) groups is 1. The summed E-state index contributed by atoms with van der Waals surface area (Å²) >= 11 is 3.49. The average Bonchev–Trinajstić information content (AvgIpc) is 3.72. The fourth-order valence-electron chi connectivity index (χ4n) is 7.22. The number of hydrogen-bond donors (Lipinski definition) is 1. The zero-order valence-electron chi connectivity index (χ0n) is 30.5. The van der Waals surface area contributed by atoms with Crippen LogP contribution in [0.1, 0.15) is 38.2 Å². The summed E-state index contributed by atoms with van der Waals surface area (Å²) in [5.74, 6) is -1.22. The van der Waals surface area contributed by atoms with Crippen molar-refractivity contribution in [1.82, 2.24) is 0 Å². The van der Waals surface area contributed by atoms with Gasteiger partial charge in [0.1, 0.15) is 11.6 Å². The van der Waals surface area contributed by atoms with Crippen molar-refractivity contribution in [3.05, 3.63) is 157 Å². The molecule has 0 amide bonds. The number of para-hydroxylation sites is 1. The lowest BCUT2D eigenvalue weighted by Gasteiger charge is -2.33. The Morgan fingerprint density at radius 1 is 0.727 bits per heavy atom. The van der Waals surface area contributed by atoms with Crippen LogP contribution in [-0.2, 0) is 4.79 Å². The van der Waals surface area contributed by atoms with Crippen molar-refractivity contribution in [1.29, 1.82) is 5.26 Å². The first-order valence-corrected chi connectivity index (χ1v) is 20.3. The van der Waals surface area contributed by atoms with Gasteiger partial charge in [0.15, 0.2) is 0 Å². The lowest BCUT2D eigenvalue weighted by atomic mass is 10.1. The van der Waals surface area contributed by atoms with Gasteiger partial charge in [0.2, 0.25) is 0 Å². The topological polar surface area (TPSA) is 67.6 Å². The first kappa shape index (κ1) is 35.9. The molecule has 1 aromatic heterocycles. The van der Waals surface area contributed by atoms with Gasteiger partial charge in [0.05, 0.1) is 17.1 Å². The van der Waals surface area contributed by atoms with E-state index in [0.717, 1.165) is 51.1 Å². The fourth-order valence-corrected chi connectivity index (χ4v) is 9.41. The van der Waals surface area contributed by atoms with E-state index in [1.165, 1.54) is 57.1 Å². The third kappa shape index (κ3) is 7.52. The second-order valence-corrected chi connectivity index (χ2v) is 15.7.